The maximum Gasteiger partial charge on any atom is 0.100 e. The molecule has 10 aromatic carbocycles. The number of hydrogen-bond donors (Lipinski definition) is 0. The van der Waals surface area contributed by atoms with Crippen LogP contribution >= 0.6 is 0 Å². The molecular weight excluding hydrogens is 905 g/mol. The van der Waals surface area contributed by atoms with Crippen molar-refractivity contribution < 1.29 is 0 Å². The van der Waals surface area contributed by atoms with Gasteiger partial charge in [-0.1, -0.05) is 146 Å². The first-order valence-corrected chi connectivity index (χ1v) is 25.0. The zero-order chi connectivity index (χ0) is 48.8. The van der Waals surface area contributed by atoms with Crippen LogP contribution in [0.5, 0.6) is 0 Å². The second-order valence-electron chi connectivity index (χ2n) is 19.2. The van der Waals surface area contributed by atoms with E-state index in [1.54, 1.807) is 0 Å². The third-order valence-electron chi connectivity index (χ3n) is 15.5. The molecule has 0 N–H and O–H groups in total. The quantitative estimate of drug-likeness (QED) is 0.152. The molecule has 15 rings (SSSR count). The van der Waals surface area contributed by atoms with Gasteiger partial charge in [0.1, 0.15) is 25.3 Å². The molecule has 0 radical (unpaired) electrons. The number of imidazole rings is 4. The fourth-order valence-electron chi connectivity index (χ4n) is 12.4. The summed E-state index contributed by atoms with van der Waals surface area (Å²) in [5, 5.41) is 0. The van der Waals surface area contributed by atoms with E-state index in [0.29, 0.717) is 0 Å². The van der Waals surface area contributed by atoms with E-state index in [2.05, 4.69) is 237 Å². The molecule has 0 aliphatic heterocycles. The highest BCUT2D eigenvalue weighted by Gasteiger charge is 2.54. The third-order valence-corrected chi connectivity index (χ3v) is 15.5. The van der Waals surface area contributed by atoms with Gasteiger partial charge in [0.05, 0.1) is 55.0 Å². The van der Waals surface area contributed by atoms with Crippen LogP contribution in [0.25, 0.3) is 66.9 Å². The fourth-order valence-corrected chi connectivity index (χ4v) is 12.4. The molecule has 0 spiro atoms. The molecule has 348 valence electrons. The Morgan fingerprint density at radius 2 is 0.459 bits per heavy atom. The topological polar surface area (TPSA) is 71.3 Å². The molecule has 8 heteroatoms. The normalized spacial score (nSPS) is 13.6. The lowest BCUT2D eigenvalue weighted by molar-refractivity contribution is 0.614. The highest BCUT2D eigenvalue weighted by Crippen LogP contribution is 2.60. The highest BCUT2D eigenvalue weighted by atomic mass is 15.1. The molecule has 0 saturated carbocycles. The highest BCUT2D eigenvalue weighted by molar-refractivity contribution is 5.83. The van der Waals surface area contributed by atoms with Gasteiger partial charge in [0.25, 0.3) is 0 Å². The Labute approximate surface area is 426 Å². The van der Waals surface area contributed by atoms with Crippen molar-refractivity contribution in [2.75, 3.05) is 0 Å². The summed E-state index contributed by atoms with van der Waals surface area (Å²) in [4.78, 5) is 19.5. The van der Waals surface area contributed by atoms with Gasteiger partial charge >= 0.3 is 0 Å². The molecule has 1 aliphatic carbocycles. The molecular formula is C66H44N8. The van der Waals surface area contributed by atoms with Gasteiger partial charge in [-0.2, -0.15) is 0 Å². The lowest BCUT2D eigenvalue weighted by Crippen LogP contribution is -2.45. The van der Waals surface area contributed by atoms with Crippen molar-refractivity contribution in [2.45, 2.75) is 10.8 Å². The van der Waals surface area contributed by atoms with E-state index in [1.165, 1.54) is 22.3 Å². The minimum absolute atomic E-state index is 0.855. The van der Waals surface area contributed by atoms with E-state index in [0.717, 1.165) is 89.1 Å². The first kappa shape index (κ1) is 41.8. The van der Waals surface area contributed by atoms with Crippen molar-refractivity contribution in [1.29, 1.82) is 0 Å². The second kappa shape index (κ2) is 16.3. The minimum atomic E-state index is -0.855. The molecule has 8 nitrogen and oxygen atoms in total. The van der Waals surface area contributed by atoms with E-state index in [9.17, 15) is 0 Å². The van der Waals surface area contributed by atoms with E-state index in [4.69, 9.17) is 19.9 Å². The smallest absolute Gasteiger partial charge is 0.100 e. The Balaban J connectivity index is 1.06. The summed E-state index contributed by atoms with van der Waals surface area (Å²) in [7, 11) is 0. The summed E-state index contributed by atoms with van der Waals surface area (Å²) in [6.45, 7) is 0. The van der Waals surface area contributed by atoms with E-state index in [-0.39, 0.29) is 0 Å². The van der Waals surface area contributed by atoms with Gasteiger partial charge in [-0.3, -0.25) is 18.3 Å². The lowest BCUT2D eigenvalue weighted by Gasteiger charge is -2.51. The number of para-hydroxylation sites is 8. The predicted octanol–water partition coefficient (Wildman–Crippen LogP) is 14.1. The van der Waals surface area contributed by atoms with Crippen molar-refractivity contribution in [3.05, 3.63) is 312 Å². The first-order chi connectivity index (χ1) is 36.7. The number of aromatic nitrogens is 8. The van der Waals surface area contributed by atoms with Crippen molar-refractivity contribution in [3.63, 3.8) is 0 Å². The molecule has 14 aromatic rings. The van der Waals surface area contributed by atoms with Crippen LogP contribution in [-0.2, 0) is 10.8 Å². The van der Waals surface area contributed by atoms with E-state index >= 15 is 0 Å². The van der Waals surface area contributed by atoms with Gasteiger partial charge in [0.15, 0.2) is 0 Å². The molecule has 4 heterocycles. The maximum absolute atomic E-state index is 4.86. The summed E-state index contributed by atoms with van der Waals surface area (Å²) < 4.78 is 8.84. The SMILES string of the molecule is c1cc(-n2cnc3ccccc32)cc(C2(c3cccc(-n4cnc5ccccc54)c3)c3ccccc3C(c3cccc(-n4cnc5ccccc54)c3)(c3cccc(-n4cnc5ccccc54)c3)c3ccccc32)c1. The Morgan fingerprint density at radius 3 is 0.716 bits per heavy atom. The number of benzene rings is 10. The van der Waals surface area contributed by atoms with E-state index in [1.807, 2.05) is 49.6 Å². The van der Waals surface area contributed by atoms with Gasteiger partial charge in [-0.25, -0.2) is 19.9 Å². The van der Waals surface area contributed by atoms with Crippen molar-refractivity contribution in [1.82, 2.24) is 38.2 Å². The van der Waals surface area contributed by atoms with Gasteiger partial charge in [0, 0.05) is 22.7 Å². The van der Waals surface area contributed by atoms with E-state index < -0.39 is 10.8 Å². The van der Waals surface area contributed by atoms with Crippen LogP contribution in [0.15, 0.2) is 268 Å². The largest absolute Gasteiger partial charge is 0.299 e. The summed E-state index contributed by atoms with van der Waals surface area (Å²) in [5.74, 6) is 0. The van der Waals surface area contributed by atoms with Crippen molar-refractivity contribution >= 4 is 44.1 Å². The van der Waals surface area contributed by atoms with Crippen LogP contribution in [0, 0.1) is 0 Å². The fraction of sp³-hybridized carbons (Fsp3) is 0.0303. The number of nitrogens with zero attached hydrogens (tertiary/aromatic N) is 8. The molecule has 4 aromatic heterocycles. The molecule has 0 saturated heterocycles. The molecule has 74 heavy (non-hydrogen) atoms. The number of fused-ring (bicyclic) bond motifs is 6. The van der Waals surface area contributed by atoms with Crippen molar-refractivity contribution in [3.8, 4) is 22.7 Å². The molecule has 0 atom stereocenters. The van der Waals surface area contributed by atoms with Gasteiger partial charge in [-0.05, 0) is 142 Å². The molecule has 0 fully saturated rings. The summed E-state index contributed by atoms with van der Waals surface area (Å²) in [6.07, 6.45) is 7.79. The van der Waals surface area contributed by atoms with Gasteiger partial charge in [0.2, 0.25) is 0 Å². The summed E-state index contributed by atoms with van der Waals surface area (Å²) >= 11 is 0. The van der Waals surface area contributed by atoms with Gasteiger partial charge in [-0.15, -0.1) is 0 Å². The average molecular weight is 949 g/mol. The van der Waals surface area contributed by atoms with Crippen molar-refractivity contribution in [2.24, 2.45) is 0 Å². The molecule has 0 amide bonds. The maximum atomic E-state index is 4.86. The van der Waals surface area contributed by atoms with Crippen LogP contribution in [-0.4, -0.2) is 38.2 Å². The molecule has 0 unspecified atom stereocenters. The molecule has 0 bridgehead atoms. The van der Waals surface area contributed by atoms with Crippen LogP contribution in [0.3, 0.4) is 0 Å². The van der Waals surface area contributed by atoms with Crippen LogP contribution in [0.2, 0.25) is 0 Å². The third kappa shape index (κ3) is 6.02. The molecule has 1 aliphatic rings. The number of rotatable bonds is 8. The average Bonchev–Trinajstić information content (AvgIpc) is 4.33. The number of hydrogen-bond acceptors (Lipinski definition) is 4. The summed E-state index contributed by atoms with van der Waals surface area (Å²) in [6, 6.07) is 88.1. The second-order valence-corrected chi connectivity index (χ2v) is 19.2. The predicted molar refractivity (Wildman–Crippen MR) is 295 cm³/mol. The Morgan fingerprint density at radius 1 is 0.230 bits per heavy atom. The Kier molecular flexibility index (Phi) is 9.22. The zero-order valence-corrected chi connectivity index (χ0v) is 40.0. The van der Waals surface area contributed by atoms with Crippen LogP contribution < -0.4 is 0 Å². The standard InChI is InChI=1S/C66H44N8/c1-2-26-54-53(25-1)65(45-17-13-21-49(37-45)71-41-67-57-29-5-9-33-61(57)71,46-18-14-22-50(38-46)72-42-68-58-30-6-10-34-62(58)72)55-27-3-4-28-56(55)66(54,47-19-15-23-51(39-47)73-43-69-59-31-7-11-35-63(59)73)48-20-16-24-52(40-48)74-44-70-60-32-8-12-36-64(60)74/h1-44H. The monoisotopic (exact) mass is 948 g/mol. The Hall–Kier alpha value is -9.92. The lowest BCUT2D eigenvalue weighted by atomic mass is 9.50. The Bertz CT molecular complexity index is 3920. The summed E-state index contributed by atoms with van der Waals surface area (Å²) in [5.41, 5.74) is 19.6. The first-order valence-electron chi connectivity index (χ1n) is 25.0. The zero-order valence-electron chi connectivity index (χ0n) is 40.0. The van der Waals surface area contributed by atoms with Gasteiger partial charge < -0.3 is 0 Å². The van der Waals surface area contributed by atoms with Crippen LogP contribution in [0.1, 0.15) is 44.5 Å². The minimum Gasteiger partial charge on any atom is -0.299 e. The van der Waals surface area contributed by atoms with Crippen LogP contribution in [0.4, 0.5) is 0 Å².